The molecule has 0 radical (unpaired) electrons. The lowest BCUT2D eigenvalue weighted by Crippen LogP contribution is -2.27. The maximum absolute atomic E-state index is 11.5. The number of hydrogen-bond donors (Lipinski definition) is 0. The standard InChI is InChI=1S/C9H15NO2.CH4/c1-12-10-5-7-3-2-4-9(11)8(7)6-10;/h7-8H,2-6H2,1H3;1H4. The van der Waals surface area contributed by atoms with E-state index < -0.39 is 0 Å². The second kappa shape index (κ2) is 4.20. The van der Waals surface area contributed by atoms with Crippen molar-refractivity contribution in [1.29, 1.82) is 0 Å². The lowest BCUT2D eigenvalue weighted by Gasteiger charge is -2.21. The Labute approximate surface area is 80.0 Å². The Morgan fingerprint density at radius 3 is 2.85 bits per heavy atom. The predicted octanol–water partition coefficient (Wildman–Crippen LogP) is 1.48. The van der Waals surface area contributed by atoms with Gasteiger partial charge < -0.3 is 4.84 Å². The molecule has 0 aromatic rings. The minimum Gasteiger partial charge on any atom is -0.302 e. The van der Waals surface area contributed by atoms with Gasteiger partial charge in [0.2, 0.25) is 0 Å². The molecule has 1 aliphatic carbocycles. The minimum atomic E-state index is 0. The summed E-state index contributed by atoms with van der Waals surface area (Å²) in [5.41, 5.74) is 0. The van der Waals surface area contributed by atoms with Crippen molar-refractivity contribution in [2.24, 2.45) is 11.8 Å². The molecule has 1 aliphatic heterocycles. The summed E-state index contributed by atoms with van der Waals surface area (Å²) in [5, 5.41) is 1.92. The van der Waals surface area contributed by atoms with Gasteiger partial charge in [-0.05, 0) is 18.8 Å². The second-order valence-electron chi connectivity index (χ2n) is 3.75. The van der Waals surface area contributed by atoms with Gasteiger partial charge in [0, 0.05) is 25.4 Å². The highest BCUT2D eigenvalue weighted by Crippen LogP contribution is 2.33. The topological polar surface area (TPSA) is 29.5 Å². The lowest BCUT2D eigenvalue weighted by atomic mass is 9.81. The number of carbonyl (C=O) groups is 1. The average molecular weight is 185 g/mol. The van der Waals surface area contributed by atoms with E-state index in [1.807, 2.05) is 5.06 Å². The third kappa shape index (κ3) is 1.92. The van der Waals surface area contributed by atoms with Gasteiger partial charge in [-0.15, -0.1) is 0 Å². The first-order valence-electron chi connectivity index (χ1n) is 4.63. The molecule has 0 spiro atoms. The molecule has 0 bridgehead atoms. The largest absolute Gasteiger partial charge is 0.302 e. The van der Waals surface area contributed by atoms with Crippen LogP contribution in [0.15, 0.2) is 0 Å². The molecule has 2 rings (SSSR count). The van der Waals surface area contributed by atoms with Crippen molar-refractivity contribution >= 4 is 5.78 Å². The molecule has 2 fully saturated rings. The molecule has 0 N–H and O–H groups in total. The van der Waals surface area contributed by atoms with Crippen molar-refractivity contribution in [2.75, 3.05) is 20.2 Å². The van der Waals surface area contributed by atoms with Crippen LogP contribution >= 0.6 is 0 Å². The van der Waals surface area contributed by atoms with Gasteiger partial charge in [0.25, 0.3) is 0 Å². The fraction of sp³-hybridized carbons (Fsp3) is 0.900. The molecule has 2 unspecified atom stereocenters. The van der Waals surface area contributed by atoms with Crippen LogP contribution in [-0.4, -0.2) is 31.0 Å². The van der Waals surface area contributed by atoms with E-state index in [1.54, 1.807) is 7.11 Å². The molecule has 1 heterocycles. The van der Waals surface area contributed by atoms with Crippen molar-refractivity contribution in [1.82, 2.24) is 5.06 Å². The molecule has 2 atom stereocenters. The Bertz CT molecular complexity index is 193. The molecule has 3 nitrogen and oxygen atoms in total. The highest BCUT2D eigenvalue weighted by Gasteiger charge is 2.39. The average Bonchev–Trinajstić information content (AvgIpc) is 2.49. The number of rotatable bonds is 1. The first-order valence-corrected chi connectivity index (χ1v) is 4.63. The number of hydroxylamine groups is 2. The Hall–Kier alpha value is -0.410. The van der Waals surface area contributed by atoms with Crippen molar-refractivity contribution in [3.63, 3.8) is 0 Å². The van der Waals surface area contributed by atoms with E-state index in [-0.39, 0.29) is 13.3 Å². The Morgan fingerprint density at radius 2 is 2.23 bits per heavy atom. The number of Topliss-reactive ketones (excluding diaryl/α,β-unsaturated/α-hetero) is 1. The van der Waals surface area contributed by atoms with Gasteiger partial charge in [-0.25, -0.2) is 0 Å². The van der Waals surface area contributed by atoms with Crippen LogP contribution in [0, 0.1) is 11.8 Å². The smallest absolute Gasteiger partial charge is 0.137 e. The van der Waals surface area contributed by atoms with Crippen LogP contribution < -0.4 is 0 Å². The van der Waals surface area contributed by atoms with E-state index in [9.17, 15) is 4.79 Å². The van der Waals surface area contributed by atoms with Crippen molar-refractivity contribution in [2.45, 2.75) is 26.7 Å². The number of hydrogen-bond acceptors (Lipinski definition) is 3. The Balaban J connectivity index is 0.000000845. The van der Waals surface area contributed by atoms with E-state index in [0.717, 1.165) is 25.9 Å². The van der Waals surface area contributed by atoms with Crippen molar-refractivity contribution in [3.8, 4) is 0 Å². The van der Waals surface area contributed by atoms with Crippen LogP contribution in [0.25, 0.3) is 0 Å². The maximum Gasteiger partial charge on any atom is 0.137 e. The maximum atomic E-state index is 11.5. The summed E-state index contributed by atoms with van der Waals surface area (Å²) in [6, 6.07) is 0. The van der Waals surface area contributed by atoms with Crippen LogP contribution in [0.2, 0.25) is 0 Å². The molecule has 2 aliphatic rings. The number of carbonyl (C=O) groups excluding carboxylic acids is 1. The van der Waals surface area contributed by atoms with Crippen molar-refractivity contribution < 1.29 is 9.63 Å². The monoisotopic (exact) mass is 185 g/mol. The molecule has 13 heavy (non-hydrogen) atoms. The minimum absolute atomic E-state index is 0. The van der Waals surface area contributed by atoms with Gasteiger partial charge in [0.05, 0.1) is 7.11 Å². The van der Waals surface area contributed by atoms with Crippen LogP contribution in [0.3, 0.4) is 0 Å². The second-order valence-corrected chi connectivity index (χ2v) is 3.75. The zero-order chi connectivity index (χ0) is 8.55. The van der Waals surface area contributed by atoms with Crippen LogP contribution in [0.4, 0.5) is 0 Å². The van der Waals surface area contributed by atoms with Gasteiger partial charge in [-0.2, -0.15) is 5.06 Å². The van der Waals surface area contributed by atoms with E-state index in [2.05, 4.69) is 0 Å². The number of ketones is 1. The predicted molar refractivity (Wildman–Crippen MR) is 51.2 cm³/mol. The van der Waals surface area contributed by atoms with Crippen LogP contribution in [0.5, 0.6) is 0 Å². The lowest BCUT2D eigenvalue weighted by molar-refractivity contribution is -0.129. The zero-order valence-corrected chi connectivity index (χ0v) is 7.45. The summed E-state index contributed by atoms with van der Waals surface area (Å²) in [5.74, 6) is 1.30. The molecular weight excluding hydrogens is 166 g/mol. The summed E-state index contributed by atoms with van der Waals surface area (Å²) in [7, 11) is 1.68. The van der Waals surface area contributed by atoms with E-state index in [1.165, 1.54) is 6.42 Å². The summed E-state index contributed by atoms with van der Waals surface area (Å²) in [4.78, 5) is 16.6. The Morgan fingerprint density at radius 1 is 1.46 bits per heavy atom. The van der Waals surface area contributed by atoms with Gasteiger partial charge in [-0.1, -0.05) is 7.43 Å². The molecule has 1 saturated heterocycles. The SMILES string of the molecule is C.CON1CC2CCCC(=O)C2C1. The van der Waals surface area contributed by atoms with Gasteiger partial charge in [-0.3, -0.25) is 4.79 Å². The van der Waals surface area contributed by atoms with Crippen molar-refractivity contribution in [3.05, 3.63) is 0 Å². The molecule has 0 aromatic carbocycles. The highest BCUT2D eigenvalue weighted by atomic mass is 16.7. The summed E-state index contributed by atoms with van der Waals surface area (Å²) in [6.07, 6.45) is 3.08. The van der Waals surface area contributed by atoms with E-state index >= 15 is 0 Å². The fourth-order valence-corrected chi connectivity index (χ4v) is 2.36. The molecule has 3 heteroatoms. The quantitative estimate of drug-likeness (QED) is 0.620. The van der Waals surface area contributed by atoms with E-state index in [0.29, 0.717) is 11.7 Å². The number of nitrogens with zero attached hydrogens (tertiary/aromatic N) is 1. The highest BCUT2D eigenvalue weighted by molar-refractivity contribution is 5.82. The molecule has 0 amide bonds. The van der Waals surface area contributed by atoms with Crippen LogP contribution in [-0.2, 0) is 9.63 Å². The van der Waals surface area contributed by atoms with Gasteiger partial charge in [0.1, 0.15) is 5.78 Å². The normalized spacial score (nSPS) is 34.1. The zero-order valence-electron chi connectivity index (χ0n) is 7.45. The third-order valence-corrected chi connectivity index (χ3v) is 3.08. The van der Waals surface area contributed by atoms with E-state index in [4.69, 9.17) is 4.84 Å². The first-order chi connectivity index (χ1) is 5.81. The molecule has 76 valence electrons. The fourth-order valence-electron chi connectivity index (χ4n) is 2.36. The summed E-state index contributed by atoms with van der Waals surface area (Å²) < 4.78 is 0. The van der Waals surface area contributed by atoms with Gasteiger partial charge in [0.15, 0.2) is 0 Å². The summed E-state index contributed by atoms with van der Waals surface area (Å²) in [6.45, 7) is 1.77. The Kier molecular flexibility index (Phi) is 3.45. The first kappa shape index (κ1) is 10.7. The van der Waals surface area contributed by atoms with Gasteiger partial charge >= 0.3 is 0 Å². The molecule has 1 saturated carbocycles. The third-order valence-electron chi connectivity index (χ3n) is 3.08. The molecule has 0 aromatic heterocycles. The summed E-state index contributed by atoms with van der Waals surface area (Å²) >= 11 is 0. The number of fused-ring (bicyclic) bond motifs is 1. The molecular formula is C10H19NO2. The van der Waals surface area contributed by atoms with Crippen LogP contribution in [0.1, 0.15) is 26.7 Å².